The first-order chi connectivity index (χ1) is 16.6. The molecule has 174 valence electrons. The lowest BCUT2D eigenvalue weighted by molar-refractivity contribution is 0.615. The number of benzene rings is 3. The Balaban J connectivity index is 1.65. The van der Waals surface area contributed by atoms with E-state index in [1.54, 1.807) is 5.57 Å². The highest BCUT2D eigenvalue weighted by Gasteiger charge is 2.32. The molecule has 1 aliphatic heterocycles. The van der Waals surface area contributed by atoms with Gasteiger partial charge in [-0.15, -0.1) is 0 Å². The van der Waals surface area contributed by atoms with E-state index in [2.05, 4.69) is 116 Å². The predicted octanol–water partition coefficient (Wildman–Crippen LogP) is 8.28. The molecule has 1 unspecified atom stereocenters. The van der Waals surface area contributed by atoms with E-state index in [9.17, 15) is 0 Å². The average molecular weight is 449 g/mol. The number of allylic oxidation sites excluding steroid dienone is 2. The third kappa shape index (κ3) is 4.18. The minimum absolute atomic E-state index is 0.378. The van der Waals surface area contributed by atoms with Crippen LogP contribution in [-0.2, 0) is 6.42 Å². The molecule has 0 radical (unpaired) electrons. The van der Waals surface area contributed by atoms with Crippen molar-refractivity contribution in [2.45, 2.75) is 58.9 Å². The van der Waals surface area contributed by atoms with Gasteiger partial charge in [0.05, 0.1) is 6.04 Å². The van der Waals surface area contributed by atoms with Crippen LogP contribution in [0.4, 0.5) is 17.1 Å². The van der Waals surface area contributed by atoms with Crippen LogP contribution in [0.3, 0.4) is 0 Å². The van der Waals surface area contributed by atoms with E-state index in [4.69, 9.17) is 0 Å². The van der Waals surface area contributed by atoms with Crippen molar-refractivity contribution in [3.8, 4) is 0 Å². The van der Waals surface area contributed by atoms with Gasteiger partial charge in [0, 0.05) is 36.2 Å². The summed E-state index contributed by atoms with van der Waals surface area (Å²) >= 11 is 0. The number of aryl methyl sites for hydroxylation is 3. The normalized spacial score (nSPS) is 17.9. The Hall–Kier alpha value is -3.26. The molecule has 3 aromatic rings. The number of rotatable bonds is 4. The van der Waals surface area contributed by atoms with Crippen molar-refractivity contribution in [2.24, 2.45) is 0 Å². The third-order valence-electron chi connectivity index (χ3n) is 7.60. The number of hydrogen-bond donors (Lipinski definition) is 0. The van der Waals surface area contributed by atoms with Gasteiger partial charge in [-0.1, -0.05) is 67.1 Å². The fraction of sp³-hybridized carbons (Fsp3) is 0.312. The monoisotopic (exact) mass is 448 g/mol. The van der Waals surface area contributed by atoms with Gasteiger partial charge in [0.25, 0.3) is 0 Å². The van der Waals surface area contributed by atoms with Crippen LogP contribution in [0.2, 0.25) is 0 Å². The molecular formula is C32H36N2. The highest BCUT2D eigenvalue weighted by atomic mass is 15.2. The summed E-state index contributed by atoms with van der Waals surface area (Å²) < 4.78 is 0. The second kappa shape index (κ2) is 9.54. The number of anilines is 3. The van der Waals surface area contributed by atoms with Crippen LogP contribution in [0.5, 0.6) is 0 Å². The van der Waals surface area contributed by atoms with E-state index in [1.807, 2.05) is 0 Å². The molecule has 0 fully saturated rings. The molecule has 1 aliphatic carbocycles. The smallest absolute Gasteiger partial charge is 0.0557 e. The first-order valence-electron chi connectivity index (χ1n) is 12.7. The highest BCUT2D eigenvalue weighted by Crippen LogP contribution is 2.42. The van der Waals surface area contributed by atoms with E-state index in [0.29, 0.717) is 6.04 Å². The fourth-order valence-electron chi connectivity index (χ4n) is 5.68. The zero-order chi connectivity index (χ0) is 23.7. The molecule has 1 atom stereocenters. The zero-order valence-electron chi connectivity index (χ0n) is 21.0. The quantitative estimate of drug-likeness (QED) is 0.396. The predicted molar refractivity (Wildman–Crippen MR) is 146 cm³/mol. The van der Waals surface area contributed by atoms with E-state index in [-0.39, 0.29) is 0 Å². The molecule has 5 rings (SSSR count). The summed E-state index contributed by atoms with van der Waals surface area (Å²) in [5.74, 6) is 0. The molecule has 2 aliphatic rings. The maximum Gasteiger partial charge on any atom is 0.0557 e. The molecule has 2 heteroatoms. The van der Waals surface area contributed by atoms with Gasteiger partial charge in [0.15, 0.2) is 0 Å². The molecule has 0 saturated carbocycles. The number of para-hydroxylation sites is 2. The van der Waals surface area contributed by atoms with E-state index in [1.165, 1.54) is 57.9 Å². The molecule has 0 N–H and O–H groups in total. The largest absolute Gasteiger partial charge is 0.367 e. The van der Waals surface area contributed by atoms with E-state index >= 15 is 0 Å². The molecular weight excluding hydrogens is 412 g/mol. The standard InChI is InChI=1S/C32H36N2/c1-5-25-21-27-14-10-13-26-12-7-9-16-30(26)33(4)31(27)22-32(25)34(28-19-17-23(2)18-20-28)29-15-8-6-11-24(29)3/h6-9,11-12,15-21,31H,5,10,13-14,22H2,1-4H3. The Labute approximate surface area is 205 Å². The van der Waals surface area contributed by atoms with Crippen LogP contribution in [0.25, 0.3) is 0 Å². The summed E-state index contributed by atoms with van der Waals surface area (Å²) in [6.45, 7) is 6.69. The zero-order valence-corrected chi connectivity index (χ0v) is 21.0. The lowest BCUT2D eigenvalue weighted by atomic mass is 9.84. The summed E-state index contributed by atoms with van der Waals surface area (Å²) in [5.41, 5.74) is 12.5. The van der Waals surface area contributed by atoms with Crippen molar-refractivity contribution in [2.75, 3.05) is 16.8 Å². The van der Waals surface area contributed by atoms with Gasteiger partial charge < -0.3 is 9.80 Å². The maximum absolute atomic E-state index is 2.54. The van der Waals surface area contributed by atoms with Crippen molar-refractivity contribution in [1.29, 1.82) is 0 Å². The number of likely N-dealkylation sites (N-methyl/N-ethyl adjacent to an activating group) is 1. The summed E-state index contributed by atoms with van der Waals surface area (Å²) in [6.07, 6.45) is 8.14. The minimum Gasteiger partial charge on any atom is -0.367 e. The number of fused-ring (bicyclic) bond motifs is 2. The van der Waals surface area contributed by atoms with Gasteiger partial charge >= 0.3 is 0 Å². The number of hydrogen-bond acceptors (Lipinski definition) is 2. The van der Waals surface area contributed by atoms with Crippen molar-refractivity contribution < 1.29 is 0 Å². The fourth-order valence-corrected chi connectivity index (χ4v) is 5.68. The molecule has 0 amide bonds. The van der Waals surface area contributed by atoms with Crippen LogP contribution in [0.1, 0.15) is 49.3 Å². The molecule has 1 heterocycles. The third-order valence-corrected chi connectivity index (χ3v) is 7.60. The summed E-state index contributed by atoms with van der Waals surface area (Å²) in [6, 6.07) is 27.2. The number of nitrogens with zero attached hydrogens (tertiary/aromatic N) is 2. The summed E-state index contributed by atoms with van der Waals surface area (Å²) in [4.78, 5) is 5.07. The lowest BCUT2D eigenvalue weighted by Gasteiger charge is -2.42. The second-order valence-corrected chi connectivity index (χ2v) is 9.82. The van der Waals surface area contributed by atoms with Gasteiger partial charge in [0.1, 0.15) is 0 Å². The molecule has 0 spiro atoms. The molecule has 0 aromatic heterocycles. The second-order valence-electron chi connectivity index (χ2n) is 9.82. The van der Waals surface area contributed by atoms with Crippen LogP contribution in [0.15, 0.2) is 95.7 Å². The van der Waals surface area contributed by atoms with Crippen LogP contribution < -0.4 is 9.80 Å². The van der Waals surface area contributed by atoms with Gasteiger partial charge in [-0.2, -0.15) is 0 Å². The molecule has 0 bridgehead atoms. The first-order valence-corrected chi connectivity index (χ1v) is 12.7. The Morgan fingerprint density at radius 1 is 0.882 bits per heavy atom. The highest BCUT2D eigenvalue weighted by molar-refractivity contribution is 5.73. The Morgan fingerprint density at radius 3 is 2.38 bits per heavy atom. The van der Waals surface area contributed by atoms with Gasteiger partial charge in [0.2, 0.25) is 0 Å². The van der Waals surface area contributed by atoms with Crippen LogP contribution >= 0.6 is 0 Å². The van der Waals surface area contributed by atoms with Crippen molar-refractivity contribution >= 4 is 17.1 Å². The van der Waals surface area contributed by atoms with Gasteiger partial charge in [-0.25, -0.2) is 0 Å². The van der Waals surface area contributed by atoms with Gasteiger partial charge in [-0.3, -0.25) is 0 Å². The minimum atomic E-state index is 0.378. The summed E-state index contributed by atoms with van der Waals surface area (Å²) in [5, 5.41) is 0. The Bertz CT molecular complexity index is 1230. The van der Waals surface area contributed by atoms with E-state index < -0.39 is 0 Å². The molecule has 0 saturated heterocycles. The topological polar surface area (TPSA) is 6.48 Å². The van der Waals surface area contributed by atoms with Crippen LogP contribution in [0, 0.1) is 13.8 Å². The van der Waals surface area contributed by atoms with E-state index in [0.717, 1.165) is 19.3 Å². The average Bonchev–Trinajstić information content (AvgIpc) is 2.85. The molecule has 34 heavy (non-hydrogen) atoms. The SMILES string of the molecule is CCC1=C(N(c2ccc(C)cc2)c2ccccc2C)CC2C(=C1)CCCc1ccccc1N2C. The Morgan fingerprint density at radius 2 is 1.62 bits per heavy atom. The van der Waals surface area contributed by atoms with Gasteiger partial charge in [-0.05, 0) is 86.1 Å². The van der Waals surface area contributed by atoms with Crippen molar-refractivity contribution in [3.05, 3.63) is 112 Å². The lowest BCUT2D eigenvalue weighted by Crippen LogP contribution is -2.39. The maximum atomic E-state index is 2.54. The van der Waals surface area contributed by atoms with Crippen molar-refractivity contribution in [3.63, 3.8) is 0 Å². The van der Waals surface area contributed by atoms with Crippen molar-refractivity contribution in [1.82, 2.24) is 0 Å². The first kappa shape index (κ1) is 22.5. The summed E-state index contributed by atoms with van der Waals surface area (Å²) in [7, 11) is 2.29. The Kier molecular flexibility index (Phi) is 6.32. The molecule has 3 aromatic carbocycles. The molecule has 2 nitrogen and oxygen atoms in total. The van der Waals surface area contributed by atoms with Crippen LogP contribution in [-0.4, -0.2) is 13.1 Å².